The highest BCUT2D eigenvalue weighted by atomic mass is 16.5. The van der Waals surface area contributed by atoms with Gasteiger partial charge in [-0.2, -0.15) is 0 Å². The zero-order chi connectivity index (χ0) is 20.3. The van der Waals surface area contributed by atoms with Gasteiger partial charge < -0.3 is 25.3 Å². The number of likely N-dealkylation sites (tertiary alicyclic amines) is 1. The predicted octanol–water partition coefficient (Wildman–Crippen LogP) is 1.87. The highest BCUT2D eigenvalue weighted by molar-refractivity contribution is 6.00. The molecular weight excluding hydrogens is 368 g/mol. The van der Waals surface area contributed by atoms with E-state index in [9.17, 15) is 9.59 Å². The molecule has 0 radical (unpaired) electrons. The molecule has 7 heteroatoms. The molecule has 3 saturated heterocycles. The Hall–Kier alpha value is -2.38. The van der Waals surface area contributed by atoms with Crippen LogP contribution in [0.5, 0.6) is 0 Å². The highest BCUT2D eigenvalue weighted by Crippen LogP contribution is 2.55. The number of carbonyl (C=O) groups is 2. The molecule has 1 aromatic heterocycles. The molecule has 2 aromatic rings. The van der Waals surface area contributed by atoms with Crippen molar-refractivity contribution in [2.45, 2.75) is 44.9 Å². The number of carbonyl (C=O) groups excluding carboxylic acids is 2. The summed E-state index contributed by atoms with van der Waals surface area (Å²) < 4.78 is 8.49. The van der Waals surface area contributed by atoms with Crippen LogP contribution >= 0.6 is 0 Å². The van der Waals surface area contributed by atoms with E-state index in [0.29, 0.717) is 19.6 Å². The molecular formula is C22H28N4O3. The number of amides is 2. The van der Waals surface area contributed by atoms with Gasteiger partial charge in [-0.1, -0.05) is 0 Å². The first-order valence-electron chi connectivity index (χ1n) is 10.5. The summed E-state index contributed by atoms with van der Waals surface area (Å²) in [5.74, 6) is -0.920. The first-order chi connectivity index (χ1) is 14.0. The fourth-order valence-corrected chi connectivity index (χ4v) is 5.82. The van der Waals surface area contributed by atoms with Crippen LogP contribution < -0.4 is 11.1 Å². The Morgan fingerprint density at radius 2 is 2.21 bits per heavy atom. The molecule has 0 saturated carbocycles. The second-order valence-electron chi connectivity index (χ2n) is 8.60. The summed E-state index contributed by atoms with van der Waals surface area (Å²) in [7, 11) is 0. The SMILES string of the molecule is CCn1c(C)cc2cc(NC(=O)[C@H]3[C@@H]4CC[C@@]5(CN(CCN)C(=O)[C@@H]35)O4)ccc21. The largest absolute Gasteiger partial charge is 0.368 e. The third kappa shape index (κ3) is 2.64. The quantitative estimate of drug-likeness (QED) is 0.807. The van der Waals surface area contributed by atoms with Gasteiger partial charge in [0.05, 0.1) is 30.1 Å². The second kappa shape index (κ2) is 6.57. The molecule has 4 atom stereocenters. The summed E-state index contributed by atoms with van der Waals surface area (Å²) in [6.07, 6.45) is 1.50. The van der Waals surface area contributed by atoms with Crippen molar-refractivity contribution in [3.05, 3.63) is 30.0 Å². The van der Waals surface area contributed by atoms with Gasteiger partial charge in [0.1, 0.15) is 0 Å². The number of aromatic nitrogens is 1. The predicted molar refractivity (Wildman–Crippen MR) is 110 cm³/mol. The number of hydrogen-bond acceptors (Lipinski definition) is 4. The zero-order valence-electron chi connectivity index (χ0n) is 17.0. The average Bonchev–Trinajstić information content (AvgIpc) is 3.40. The van der Waals surface area contributed by atoms with Gasteiger partial charge in [-0.3, -0.25) is 9.59 Å². The Balaban J connectivity index is 1.40. The van der Waals surface area contributed by atoms with Crippen molar-refractivity contribution in [2.75, 3.05) is 25.0 Å². The summed E-state index contributed by atoms with van der Waals surface area (Å²) in [6, 6.07) is 8.12. The Kier molecular flexibility index (Phi) is 4.22. The summed E-state index contributed by atoms with van der Waals surface area (Å²) in [4.78, 5) is 28.0. The lowest BCUT2D eigenvalue weighted by atomic mass is 9.73. The van der Waals surface area contributed by atoms with Crippen LogP contribution in [0.15, 0.2) is 24.3 Å². The van der Waals surface area contributed by atoms with Crippen LogP contribution in [-0.4, -0.2) is 52.6 Å². The third-order valence-corrected chi connectivity index (χ3v) is 6.99. The van der Waals surface area contributed by atoms with E-state index in [1.54, 1.807) is 4.90 Å². The number of aryl methyl sites for hydroxylation is 2. The lowest BCUT2D eigenvalue weighted by Gasteiger charge is -2.27. The fraction of sp³-hybridized carbons (Fsp3) is 0.545. The molecule has 4 heterocycles. The standard InChI is InChI=1S/C22H28N4O3/c1-3-26-13(2)10-14-11-15(4-5-16(14)26)24-20(27)18-17-6-7-22(29-17)12-25(9-8-23)21(28)19(18)22/h4-5,10-11,17-19H,3,6-9,12,23H2,1-2H3,(H,24,27)/t17-,18-,19+,22-/m0/s1. The van der Waals surface area contributed by atoms with Crippen molar-refractivity contribution >= 4 is 28.4 Å². The number of anilines is 1. The molecule has 1 aromatic carbocycles. The average molecular weight is 396 g/mol. The summed E-state index contributed by atoms with van der Waals surface area (Å²) in [6.45, 7) is 6.62. The minimum atomic E-state index is -0.502. The molecule has 3 N–H and O–H groups in total. The van der Waals surface area contributed by atoms with Crippen LogP contribution in [0.3, 0.4) is 0 Å². The van der Waals surface area contributed by atoms with Gasteiger partial charge in [-0.15, -0.1) is 0 Å². The molecule has 7 nitrogen and oxygen atoms in total. The van der Waals surface area contributed by atoms with E-state index in [1.807, 2.05) is 18.2 Å². The van der Waals surface area contributed by atoms with E-state index >= 15 is 0 Å². The minimum absolute atomic E-state index is 0.0175. The molecule has 2 bridgehead atoms. The van der Waals surface area contributed by atoms with Crippen molar-refractivity contribution in [2.24, 2.45) is 17.6 Å². The molecule has 3 aliphatic heterocycles. The molecule has 29 heavy (non-hydrogen) atoms. The van der Waals surface area contributed by atoms with Crippen LogP contribution in [0.25, 0.3) is 10.9 Å². The first kappa shape index (κ1) is 18.6. The van der Waals surface area contributed by atoms with Crippen LogP contribution in [0.1, 0.15) is 25.5 Å². The van der Waals surface area contributed by atoms with Crippen LogP contribution in [0, 0.1) is 18.8 Å². The van der Waals surface area contributed by atoms with E-state index in [0.717, 1.165) is 36.0 Å². The normalized spacial score (nSPS) is 30.4. The Bertz CT molecular complexity index is 999. The second-order valence-corrected chi connectivity index (χ2v) is 8.60. The molecule has 1 spiro atoms. The molecule has 2 amide bonds. The van der Waals surface area contributed by atoms with E-state index in [4.69, 9.17) is 10.5 Å². The van der Waals surface area contributed by atoms with E-state index in [1.165, 1.54) is 5.69 Å². The molecule has 3 fully saturated rings. The topological polar surface area (TPSA) is 89.6 Å². The molecule has 154 valence electrons. The van der Waals surface area contributed by atoms with E-state index in [-0.39, 0.29) is 23.8 Å². The molecule has 5 rings (SSSR count). The Labute approximate surface area is 170 Å². The summed E-state index contributed by atoms with van der Waals surface area (Å²) in [5, 5.41) is 4.17. The number of rotatable bonds is 5. The highest BCUT2D eigenvalue weighted by Gasteiger charge is 2.68. The van der Waals surface area contributed by atoms with Crippen molar-refractivity contribution in [3.63, 3.8) is 0 Å². The van der Waals surface area contributed by atoms with Crippen molar-refractivity contribution < 1.29 is 14.3 Å². The Morgan fingerprint density at radius 1 is 1.38 bits per heavy atom. The Morgan fingerprint density at radius 3 is 2.97 bits per heavy atom. The van der Waals surface area contributed by atoms with Gasteiger partial charge >= 0.3 is 0 Å². The van der Waals surface area contributed by atoms with Crippen LogP contribution in [0.4, 0.5) is 5.69 Å². The number of fused-ring (bicyclic) bond motifs is 2. The smallest absolute Gasteiger partial charge is 0.231 e. The van der Waals surface area contributed by atoms with Crippen LogP contribution in [-0.2, 0) is 20.9 Å². The number of nitrogens with one attached hydrogen (secondary N) is 1. The fourth-order valence-electron chi connectivity index (χ4n) is 5.82. The first-order valence-corrected chi connectivity index (χ1v) is 10.5. The van der Waals surface area contributed by atoms with Gasteiger partial charge in [0.15, 0.2) is 0 Å². The maximum atomic E-state index is 13.2. The number of ether oxygens (including phenoxy) is 1. The van der Waals surface area contributed by atoms with E-state index in [2.05, 4.69) is 29.8 Å². The number of nitrogens with zero attached hydrogens (tertiary/aromatic N) is 2. The lowest BCUT2D eigenvalue weighted by Crippen LogP contribution is -2.43. The number of hydrogen-bond donors (Lipinski definition) is 2. The van der Waals surface area contributed by atoms with Crippen molar-refractivity contribution in [1.82, 2.24) is 9.47 Å². The van der Waals surface area contributed by atoms with Gasteiger partial charge in [-0.05, 0) is 51.0 Å². The van der Waals surface area contributed by atoms with Gasteiger partial charge in [-0.25, -0.2) is 0 Å². The number of benzene rings is 1. The maximum Gasteiger partial charge on any atom is 0.231 e. The monoisotopic (exact) mass is 396 g/mol. The van der Waals surface area contributed by atoms with Crippen LogP contribution in [0.2, 0.25) is 0 Å². The summed E-state index contributed by atoms with van der Waals surface area (Å²) >= 11 is 0. The minimum Gasteiger partial charge on any atom is -0.368 e. The van der Waals surface area contributed by atoms with Gasteiger partial charge in [0.2, 0.25) is 11.8 Å². The van der Waals surface area contributed by atoms with Crippen molar-refractivity contribution in [1.29, 1.82) is 0 Å². The van der Waals surface area contributed by atoms with Gasteiger partial charge in [0, 0.05) is 41.9 Å². The van der Waals surface area contributed by atoms with E-state index < -0.39 is 11.5 Å². The van der Waals surface area contributed by atoms with Gasteiger partial charge in [0.25, 0.3) is 0 Å². The third-order valence-electron chi connectivity index (χ3n) is 6.99. The molecule has 0 unspecified atom stereocenters. The maximum absolute atomic E-state index is 13.2. The zero-order valence-corrected chi connectivity index (χ0v) is 17.0. The molecule has 3 aliphatic rings. The molecule has 0 aliphatic carbocycles. The lowest BCUT2D eigenvalue weighted by molar-refractivity contribution is -0.136. The number of nitrogens with two attached hydrogens (primary N) is 1. The van der Waals surface area contributed by atoms with Crippen molar-refractivity contribution in [3.8, 4) is 0 Å². The summed E-state index contributed by atoms with van der Waals surface area (Å²) in [5.41, 5.74) is 8.28.